The van der Waals surface area contributed by atoms with E-state index < -0.39 is 0 Å². The van der Waals surface area contributed by atoms with Crippen LogP contribution >= 0.6 is 0 Å². The number of fused-ring (bicyclic) bond motifs is 1. The third-order valence-electron chi connectivity index (χ3n) is 4.49. The van der Waals surface area contributed by atoms with E-state index in [4.69, 9.17) is 0 Å². The van der Waals surface area contributed by atoms with Crippen molar-refractivity contribution < 1.29 is 4.79 Å². The van der Waals surface area contributed by atoms with E-state index in [0.717, 1.165) is 18.5 Å². The van der Waals surface area contributed by atoms with Crippen LogP contribution in [0.15, 0.2) is 48.8 Å². The Morgan fingerprint density at radius 2 is 2.12 bits per heavy atom. The first-order valence-electron chi connectivity index (χ1n) is 8.37. The SMILES string of the molecule is C[C@@H]1CN(C)c2ccccc2CN1C(=O)NCCc1cccnc1. The van der Waals surface area contributed by atoms with E-state index in [1.807, 2.05) is 35.4 Å². The van der Waals surface area contributed by atoms with Gasteiger partial charge in [0.15, 0.2) is 0 Å². The van der Waals surface area contributed by atoms with Crippen LogP contribution in [-0.2, 0) is 13.0 Å². The Morgan fingerprint density at radius 3 is 2.92 bits per heavy atom. The third-order valence-corrected chi connectivity index (χ3v) is 4.49. The highest BCUT2D eigenvalue weighted by Gasteiger charge is 2.26. The molecule has 0 fully saturated rings. The van der Waals surface area contributed by atoms with Crippen LogP contribution in [0.2, 0.25) is 0 Å². The highest BCUT2D eigenvalue weighted by atomic mass is 16.2. The number of amides is 2. The molecule has 0 radical (unpaired) electrons. The van der Waals surface area contributed by atoms with Gasteiger partial charge in [-0.3, -0.25) is 4.98 Å². The van der Waals surface area contributed by atoms with E-state index in [0.29, 0.717) is 13.1 Å². The van der Waals surface area contributed by atoms with Crippen molar-refractivity contribution in [3.8, 4) is 0 Å². The molecule has 0 saturated heterocycles. The molecule has 1 aliphatic heterocycles. The molecule has 3 rings (SSSR count). The van der Waals surface area contributed by atoms with Crippen LogP contribution in [-0.4, -0.2) is 42.1 Å². The van der Waals surface area contributed by atoms with E-state index in [1.165, 1.54) is 11.3 Å². The summed E-state index contributed by atoms with van der Waals surface area (Å²) in [6, 6.07) is 12.4. The van der Waals surface area contributed by atoms with Crippen molar-refractivity contribution in [2.45, 2.75) is 25.9 Å². The first-order valence-corrected chi connectivity index (χ1v) is 8.37. The number of anilines is 1. The highest BCUT2D eigenvalue weighted by molar-refractivity contribution is 5.75. The Morgan fingerprint density at radius 1 is 1.29 bits per heavy atom. The third kappa shape index (κ3) is 3.67. The molecule has 24 heavy (non-hydrogen) atoms. The zero-order valence-electron chi connectivity index (χ0n) is 14.3. The highest BCUT2D eigenvalue weighted by Crippen LogP contribution is 2.25. The number of urea groups is 1. The van der Waals surface area contributed by atoms with E-state index in [-0.39, 0.29) is 12.1 Å². The predicted molar refractivity (Wildman–Crippen MR) is 96.1 cm³/mol. The molecule has 0 bridgehead atoms. The normalized spacial score (nSPS) is 17.2. The van der Waals surface area contributed by atoms with Gasteiger partial charge in [0.25, 0.3) is 0 Å². The fourth-order valence-corrected chi connectivity index (χ4v) is 3.18. The second-order valence-electron chi connectivity index (χ2n) is 6.33. The molecule has 0 aliphatic carbocycles. The molecule has 1 atom stereocenters. The molecule has 1 aromatic carbocycles. The molecule has 2 aromatic rings. The lowest BCUT2D eigenvalue weighted by molar-refractivity contribution is 0.178. The first kappa shape index (κ1) is 16.3. The lowest BCUT2D eigenvalue weighted by atomic mass is 10.1. The summed E-state index contributed by atoms with van der Waals surface area (Å²) in [6.45, 7) is 4.18. The minimum absolute atomic E-state index is 0.00325. The Labute approximate surface area is 143 Å². The molecule has 1 aromatic heterocycles. The summed E-state index contributed by atoms with van der Waals surface area (Å²) in [7, 11) is 2.08. The number of hydrogen-bond acceptors (Lipinski definition) is 3. The molecule has 1 aliphatic rings. The van der Waals surface area contributed by atoms with Gasteiger partial charge in [-0.2, -0.15) is 0 Å². The van der Waals surface area contributed by atoms with Crippen molar-refractivity contribution in [2.75, 3.05) is 25.0 Å². The van der Waals surface area contributed by atoms with Crippen molar-refractivity contribution in [2.24, 2.45) is 0 Å². The second kappa shape index (κ2) is 7.34. The molecule has 5 nitrogen and oxygen atoms in total. The average Bonchev–Trinajstić information content (AvgIpc) is 2.72. The van der Waals surface area contributed by atoms with Crippen LogP contribution in [0.5, 0.6) is 0 Å². The monoisotopic (exact) mass is 324 g/mol. The van der Waals surface area contributed by atoms with Crippen LogP contribution in [0.25, 0.3) is 0 Å². The average molecular weight is 324 g/mol. The zero-order chi connectivity index (χ0) is 16.9. The number of aromatic nitrogens is 1. The second-order valence-corrected chi connectivity index (χ2v) is 6.33. The number of carbonyl (C=O) groups excluding carboxylic acids is 1. The van der Waals surface area contributed by atoms with E-state index in [1.54, 1.807) is 6.20 Å². The maximum atomic E-state index is 12.6. The molecule has 1 N–H and O–H groups in total. The topological polar surface area (TPSA) is 48.5 Å². The Kier molecular flexibility index (Phi) is 4.99. The summed E-state index contributed by atoms with van der Waals surface area (Å²) in [5, 5.41) is 3.05. The fourth-order valence-electron chi connectivity index (χ4n) is 3.18. The summed E-state index contributed by atoms with van der Waals surface area (Å²) in [6.07, 6.45) is 4.39. The maximum Gasteiger partial charge on any atom is 0.318 e. The van der Waals surface area contributed by atoms with Gasteiger partial charge >= 0.3 is 6.03 Å². The maximum absolute atomic E-state index is 12.6. The number of nitrogens with zero attached hydrogens (tertiary/aromatic N) is 3. The number of rotatable bonds is 3. The van der Waals surface area contributed by atoms with Crippen LogP contribution in [0.4, 0.5) is 10.5 Å². The van der Waals surface area contributed by atoms with Crippen LogP contribution in [0, 0.1) is 0 Å². The summed E-state index contributed by atoms with van der Waals surface area (Å²) >= 11 is 0. The van der Waals surface area contributed by atoms with Gasteiger partial charge in [-0.15, -0.1) is 0 Å². The summed E-state index contributed by atoms with van der Waals surface area (Å²) in [5.41, 5.74) is 3.52. The zero-order valence-corrected chi connectivity index (χ0v) is 14.3. The molecule has 5 heteroatoms. The summed E-state index contributed by atoms with van der Waals surface area (Å²) in [4.78, 5) is 20.9. The lowest BCUT2D eigenvalue weighted by Crippen LogP contribution is -2.47. The van der Waals surface area contributed by atoms with Crippen molar-refractivity contribution in [3.05, 3.63) is 59.9 Å². The number of benzene rings is 1. The van der Waals surface area contributed by atoms with Gasteiger partial charge in [0.1, 0.15) is 0 Å². The van der Waals surface area contributed by atoms with E-state index >= 15 is 0 Å². The smallest absolute Gasteiger partial charge is 0.318 e. The molecule has 0 spiro atoms. The van der Waals surface area contributed by atoms with Gasteiger partial charge < -0.3 is 15.1 Å². The quantitative estimate of drug-likeness (QED) is 0.944. The van der Waals surface area contributed by atoms with Gasteiger partial charge in [-0.1, -0.05) is 24.3 Å². The first-order chi connectivity index (χ1) is 11.6. The molecule has 0 unspecified atom stereocenters. The number of nitrogens with one attached hydrogen (secondary N) is 1. The molecule has 2 amide bonds. The van der Waals surface area contributed by atoms with Crippen LogP contribution < -0.4 is 10.2 Å². The van der Waals surface area contributed by atoms with E-state index in [9.17, 15) is 4.79 Å². The summed E-state index contributed by atoms with van der Waals surface area (Å²) < 4.78 is 0. The van der Waals surface area contributed by atoms with Gasteiger partial charge in [-0.25, -0.2) is 4.79 Å². The summed E-state index contributed by atoms with van der Waals surface area (Å²) in [5.74, 6) is 0. The minimum atomic E-state index is -0.00325. The number of pyridine rings is 1. The van der Waals surface area contributed by atoms with Crippen molar-refractivity contribution in [1.82, 2.24) is 15.2 Å². The van der Waals surface area contributed by atoms with Crippen molar-refractivity contribution in [3.63, 3.8) is 0 Å². The van der Waals surface area contributed by atoms with Crippen LogP contribution in [0.3, 0.4) is 0 Å². The van der Waals surface area contributed by atoms with Crippen molar-refractivity contribution in [1.29, 1.82) is 0 Å². The number of para-hydroxylation sites is 1. The molecular weight excluding hydrogens is 300 g/mol. The van der Waals surface area contributed by atoms with Gasteiger partial charge in [0, 0.05) is 50.8 Å². The Hall–Kier alpha value is -2.56. The Balaban J connectivity index is 1.63. The minimum Gasteiger partial charge on any atom is -0.372 e. The molecule has 2 heterocycles. The predicted octanol–water partition coefficient (Wildman–Crippen LogP) is 2.67. The number of carbonyl (C=O) groups is 1. The lowest BCUT2D eigenvalue weighted by Gasteiger charge is -2.28. The van der Waals surface area contributed by atoms with Gasteiger partial charge in [0.05, 0.1) is 0 Å². The largest absolute Gasteiger partial charge is 0.372 e. The van der Waals surface area contributed by atoms with Crippen molar-refractivity contribution >= 4 is 11.7 Å². The van der Waals surface area contributed by atoms with Gasteiger partial charge in [-0.05, 0) is 36.6 Å². The molecule has 0 saturated carbocycles. The fraction of sp³-hybridized carbons (Fsp3) is 0.368. The standard InChI is InChI=1S/C19H24N4O/c1-15-13-22(2)18-8-4-3-7-17(18)14-23(15)19(24)21-11-9-16-6-5-10-20-12-16/h3-8,10,12,15H,9,11,13-14H2,1-2H3,(H,21,24)/t15-/m1/s1. The molecule has 126 valence electrons. The van der Waals surface area contributed by atoms with Gasteiger partial charge in [0.2, 0.25) is 0 Å². The molecular formula is C19H24N4O. The van der Waals surface area contributed by atoms with Crippen LogP contribution in [0.1, 0.15) is 18.1 Å². The number of hydrogen-bond donors (Lipinski definition) is 1. The van der Waals surface area contributed by atoms with E-state index in [2.05, 4.69) is 41.3 Å². The number of likely N-dealkylation sites (N-methyl/N-ethyl adjacent to an activating group) is 1. The Bertz CT molecular complexity index is 689.